The Bertz CT molecular complexity index is 663. The summed E-state index contributed by atoms with van der Waals surface area (Å²) in [4.78, 5) is 13.8. The summed E-state index contributed by atoms with van der Waals surface area (Å²) < 4.78 is 0. The quantitative estimate of drug-likeness (QED) is 0.931. The molecule has 2 fully saturated rings. The molecule has 132 valence electrons. The highest BCUT2D eigenvalue weighted by molar-refractivity contribution is 5.38. The van der Waals surface area contributed by atoms with Crippen molar-refractivity contribution < 1.29 is 5.11 Å². The molecule has 2 aromatic heterocycles. The van der Waals surface area contributed by atoms with Crippen molar-refractivity contribution in [3.8, 4) is 0 Å². The first-order valence-electron chi connectivity index (χ1n) is 9.28. The Labute approximate surface area is 149 Å². The van der Waals surface area contributed by atoms with E-state index in [9.17, 15) is 5.11 Å². The van der Waals surface area contributed by atoms with Gasteiger partial charge in [-0.2, -0.15) is 0 Å². The van der Waals surface area contributed by atoms with Crippen molar-refractivity contribution in [1.82, 2.24) is 14.9 Å². The molecule has 3 heterocycles. The number of pyridine rings is 2. The van der Waals surface area contributed by atoms with E-state index in [0.29, 0.717) is 6.04 Å². The van der Waals surface area contributed by atoms with E-state index in [2.05, 4.69) is 25.8 Å². The molecule has 1 aliphatic heterocycles. The lowest BCUT2D eigenvalue weighted by Gasteiger charge is -2.44. The molecule has 2 aromatic rings. The molecular weight excluding hydrogens is 312 g/mol. The summed E-state index contributed by atoms with van der Waals surface area (Å²) in [7, 11) is 0. The number of anilines is 1. The van der Waals surface area contributed by atoms with E-state index >= 15 is 0 Å². The maximum Gasteiger partial charge on any atom is 0.128 e. The maximum absolute atomic E-state index is 11.0. The molecule has 1 saturated heterocycles. The second-order valence-electron chi connectivity index (χ2n) is 7.19. The Kier molecular flexibility index (Phi) is 4.68. The van der Waals surface area contributed by atoms with Gasteiger partial charge in [0.05, 0.1) is 5.69 Å². The van der Waals surface area contributed by atoms with Crippen LogP contribution < -0.4 is 4.90 Å². The first-order chi connectivity index (χ1) is 12.2. The highest BCUT2D eigenvalue weighted by atomic mass is 16.3. The molecule has 0 atom stereocenters. The van der Waals surface area contributed by atoms with Crippen molar-refractivity contribution in [3.63, 3.8) is 0 Å². The van der Waals surface area contributed by atoms with Crippen molar-refractivity contribution >= 4 is 5.82 Å². The molecule has 0 aromatic carbocycles. The minimum absolute atomic E-state index is 0.579. The number of rotatable bonds is 3. The summed E-state index contributed by atoms with van der Waals surface area (Å²) in [6.07, 6.45) is 7.31. The first-order valence-corrected chi connectivity index (χ1v) is 9.28. The van der Waals surface area contributed by atoms with Gasteiger partial charge < -0.3 is 10.0 Å². The van der Waals surface area contributed by atoms with E-state index in [-0.39, 0.29) is 0 Å². The molecule has 1 N–H and O–H groups in total. The molecular formula is C20H26N4O. The van der Waals surface area contributed by atoms with E-state index in [4.69, 9.17) is 0 Å². The van der Waals surface area contributed by atoms with Crippen LogP contribution >= 0.6 is 0 Å². The van der Waals surface area contributed by atoms with Gasteiger partial charge in [-0.1, -0.05) is 12.1 Å². The second-order valence-corrected chi connectivity index (χ2v) is 7.19. The molecule has 0 amide bonds. The third kappa shape index (κ3) is 3.53. The summed E-state index contributed by atoms with van der Waals surface area (Å²) in [5.74, 6) is 1.08. The minimum atomic E-state index is -0.743. The lowest BCUT2D eigenvalue weighted by atomic mass is 9.79. The molecule has 5 heteroatoms. The SMILES string of the molecule is O[C@]1(c2ccccn2)CC[C@@H](N2CCN(c3ccccn3)CC2)CC1. The van der Waals surface area contributed by atoms with Crippen LogP contribution in [0.5, 0.6) is 0 Å². The molecule has 0 unspecified atom stereocenters. The molecule has 0 bridgehead atoms. The third-order valence-electron chi connectivity index (χ3n) is 5.73. The van der Waals surface area contributed by atoms with Crippen LogP contribution in [0.1, 0.15) is 31.4 Å². The second kappa shape index (κ2) is 7.10. The fourth-order valence-electron chi connectivity index (χ4n) is 4.20. The molecule has 1 saturated carbocycles. The maximum atomic E-state index is 11.0. The van der Waals surface area contributed by atoms with Gasteiger partial charge in [0.15, 0.2) is 0 Å². The summed E-state index contributed by atoms with van der Waals surface area (Å²) in [5, 5.41) is 11.0. The van der Waals surface area contributed by atoms with Crippen LogP contribution in [0.25, 0.3) is 0 Å². The summed E-state index contributed by atoms with van der Waals surface area (Å²) >= 11 is 0. The van der Waals surface area contributed by atoms with Crippen molar-refractivity contribution in [3.05, 3.63) is 54.5 Å². The smallest absolute Gasteiger partial charge is 0.128 e. The Morgan fingerprint density at radius 2 is 1.56 bits per heavy atom. The van der Waals surface area contributed by atoms with E-state index in [1.54, 1.807) is 6.20 Å². The first kappa shape index (κ1) is 16.5. The molecule has 2 aliphatic rings. The fraction of sp³-hybridized carbons (Fsp3) is 0.500. The summed E-state index contributed by atoms with van der Waals surface area (Å²) in [5.41, 5.74) is 0.0847. The van der Waals surface area contributed by atoms with Gasteiger partial charge in [0.2, 0.25) is 0 Å². The minimum Gasteiger partial charge on any atom is -0.384 e. The van der Waals surface area contributed by atoms with Gasteiger partial charge in [-0.05, 0) is 49.9 Å². The zero-order chi connectivity index (χ0) is 17.1. The molecule has 4 rings (SSSR count). The number of aromatic nitrogens is 2. The number of nitrogens with zero attached hydrogens (tertiary/aromatic N) is 4. The van der Waals surface area contributed by atoms with Crippen LogP contribution in [0.2, 0.25) is 0 Å². The average Bonchev–Trinajstić information content (AvgIpc) is 2.70. The van der Waals surface area contributed by atoms with E-state index in [1.807, 2.05) is 36.5 Å². The van der Waals surface area contributed by atoms with Crippen molar-refractivity contribution in [2.24, 2.45) is 0 Å². The fourth-order valence-corrected chi connectivity index (χ4v) is 4.20. The van der Waals surface area contributed by atoms with Crippen LogP contribution in [0, 0.1) is 0 Å². The number of hydrogen-bond acceptors (Lipinski definition) is 5. The van der Waals surface area contributed by atoms with Crippen molar-refractivity contribution in [2.75, 3.05) is 31.1 Å². The van der Waals surface area contributed by atoms with Crippen LogP contribution in [0.15, 0.2) is 48.8 Å². The molecule has 0 spiro atoms. The van der Waals surface area contributed by atoms with Gasteiger partial charge in [0.25, 0.3) is 0 Å². The topological polar surface area (TPSA) is 52.5 Å². The molecule has 1 aliphatic carbocycles. The number of aliphatic hydroxyl groups is 1. The summed E-state index contributed by atoms with van der Waals surface area (Å²) in [6.45, 7) is 4.20. The molecule has 0 radical (unpaired) electrons. The van der Waals surface area contributed by atoms with Crippen LogP contribution in [-0.2, 0) is 5.60 Å². The average molecular weight is 338 g/mol. The van der Waals surface area contributed by atoms with Crippen LogP contribution in [0.4, 0.5) is 5.82 Å². The normalized spacial score (nSPS) is 28.0. The summed E-state index contributed by atoms with van der Waals surface area (Å²) in [6, 6.07) is 12.5. The highest BCUT2D eigenvalue weighted by Gasteiger charge is 2.38. The Balaban J connectivity index is 1.32. The number of piperazine rings is 1. The highest BCUT2D eigenvalue weighted by Crippen LogP contribution is 2.37. The largest absolute Gasteiger partial charge is 0.384 e. The molecule has 5 nitrogen and oxygen atoms in total. The van der Waals surface area contributed by atoms with Gasteiger partial charge in [0.1, 0.15) is 11.4 Å². The van der Waals surface area contributed by atoms with Gasteiger partial charge in [-0.3, -0.25) is 9.88 Å². The molecule has 25 heavy (non-hydrogen) atoms. The third-order valence-corrected chi connectivity index (χ3v) is 5.73. The van der Waals surface area contributed by atoms with Crippen LogP contribution in [0.3, 0.4) is 0 Å². The lowest BCUT2D eigenvalue weighted by molar-refractivity contribution is -0.0290. The monoisotopic (exact) mass is 338 g/mol. The van der Waals surface area contributed by atoms with Crippen molar-refractivity contribution in [1.29, 1.82) is 0 Å². The van der Waals surface area contributed by atoms with Gasteiger partial charge >= 0.3 is 0 Å². The van der Waals surface area contributed by atoms with Gasteiger partial charge in [-0.15, -0.1) is 0 Å². The Morgan fingerprint density at radius 3 is 2.16 bits per heavy atom. The van der Waals surface area contributed by atoms with Crippen LogP contribution in [-0.4, -0.2) is 52.2 Å². The van der Waals surface area contributed by atoms with E-state index < -0.39 is 5.60 Å². The van der Waals surface area contributed by atoms with Gasteiger partial charge in [0, 0.05) is 44.6 Å². The van der Waals surface area contributed by atoms with Crippen molar-refractivity contribution in [2.45, 2.75) is 37.3 Å². The standard InChI is InChI=1S/C20H26N4O/c25-20(18-5-1-3-11-21-18)9-7-17(8-10-20)23-13-15-24(16-14-23)19-6-2-4-12-22-19/h1-6,11-12,17,25H,7-10,13-16H2/t17-,20-. The predicted octanol–water partition coefficient (Wildman–Crippen LogP) is 2.43. The van der Waals surface area contributed by atoms with Gasteiger partial charge in [-0.25, -0.2) is 4.98 Å². The van der Waals surface area contributed by atoms with E-state index in [0.717, 1.165) is 63.4 Å². The lowest BCUT2D eigenvalue weighted by Crippen LogP contribution is -2.52. The zero-order valence-electron chi connectivity index (χ0n) is 14.6. The zero-order valence-corrected chi connectivity index (χ0v) is 14.6. The Morgan fingerprint density at radius 1 is 0.880 bits per heavy atom. The van der Waals surface area contributed by atoms with E-state index in [1.165, 1.54) is 0 Å². The Hall–Kier alpha value is -1.98. The predicted molar refractivity (Wildman–Crippen MR) is 98.4 cm³/mol. The number of hydrogen-bond donors (Lipinski definition) is 1.